The first-order valence-electron chi connectivity index (χ1n) is 3.59. The fraction of sp³-hybridized carbons (Fsp3) is 0.857. The largest absolute Gasteiger partial charge is 0.381 e. The van der Waals surface area contributed by atoms with Gasteiger partial charge in [-0.05, 0) is 12.8 Å². The number of rotatable bonds is 2. The Morgan fingerprint density at radius 1 is 1.50 bits per heavy atom. The summed E-state index contributed by atoms with van der Waals surface area (Å²) in [6, 6.07) is 0.409. The van der Waals surface area contributed by atoms with E-state index >= 15 is 0 Å². The van der Waals surface area contributed by atoms with Crippen LogP contribution in [-0.2, 0) is 9.53 Å². The molecule has 0 bridgehead atoms. The molecular formula is C7H13NO2. The number of amides is 1. The lowest BCUT2D eigenvalue weighted by atomic mass is 10.1. The number of carbonyl (C=O) groups is 1. The fourth-order valence-corrected chi connectivity index (χ4v) is 1.18. The zero-order valence-electron chi connectivity index (χ0n) is 6.25. The molecule has 0 spiro atoms. The average Bonchev–Trinajstić information content (AvgIpc) is 2.05. The molecule has 1 rings (SSSR count). The van der Waals surface area contributed by atoms with Crippen molar-refractivity contribution in [2.45, 2.75) is 18.9 Å². The fourth-order valence-electron chi connectivity index (χ4n) is 1.18. The Kier molecular flexibility index (Phi) is 2.68. The Bertz CT molecular complexity index is 110. The van der Waals surface area contributed by atoms with Crippen molar-refractivity contribution in [3.63, 3.8) is 0 Å². The van der Waals surface area contributed by atoms with E-state index in [9.17, 15) is 4.79 Å². The van der Waals surface area contributed by atoms with Gasteiger partial charge in [-0.15, -0.1) is 0 Å². The monoisotopic (exact) mass is 143 g/mol. The lowest BCUT2D eigenvalue weighted by Gasteiger charge is -2.27. The standard InChI is InChI=1S/C7H13NO2/c1-8(6-9)7-2-4-10-5-3-7/h6-7H,2-5H2,1H3. The van der Waals surface area contributed by atoms with Crippen molar-refractivity contribution in [3.8, 4) is 0 Å². The summed E-state index contributed by atoms with van der Waals surface area (Å²) >= 11 is 0. The molecule has 1 aliphatic rings. The van der Waals surface area contributed by atoms with Crippen molar-refractivity contribution < 1.29 is 9.53 Å². The summed E-state index contributed by atoms with van der Waals surface area (Å²) in [5.74, 6) is 0. The highest BCUT2D eigenvalue weighted by molar-refractivity contribution is 5.46. The maximum Gasteiger partial charge on any atom is 0.209 e. The highest BCUT2D eigenvalue weighted by atomic mass is 16.5. The number of hydrogen-bond acceptors (Lipinski definition) is 2. The van der Waals surface area contributed by atoms with E-state index in [1.807, 2.05) is 7.05 Å². The second kappa shape index (κ2) is 3.56. The molecule has 10 heavy (non-hydrogen) atoms. The van der Waals surface area contributed by atoms with Gasteiger partial charge in [0.05, 0.1) is 0 Å². The van der Waals surface area contributed by atoms with Gasteiger partial charge in [0.1, 0.15) is 0 Å². The number of nitrogens with zero attached hydrogens (tertiary/aromatic N) is 1. The van der Waals surface area contributed by atoms with Gasteiger partial charge in [0.15, 0.2) is 0 Å². The zero-order chi connectivity index (χ0) is 7.40. The van der Waals surface area contributed by atoms with Gasteiger partial charge in [-0.1, -0.05) is 0 Å². The van der Waals surface area contributed by atoms with Crippen LogP contribution < -0.4 is 0 Å². The van der Waals surface area contributed by atoms with Crippen LogP contribution in [-0.4, -0.2) is 37.6 Å². The van der Waals surface area contributed by atoms with E-state index < -0.39 is 0 Å². The third-order valence-corrected chi connectivity index (χ3v) is 1.93. The molecule has 0 aromatic rings. The van der Waals surface area contributed by atoms with Gasteiger partial charge in [0.25, 0.3) is 0 Å². The highest BCUT2D eigenvalue weighted by Gasteiger charge is 2.16. The SMILES string of the molecule is CN(C=O)C1CCOCC1. The molecule has 0 aliphatic carbocycles. The molecule has 3 nitrogen and oxygen atoms in total. The summed E-state index contributed by atoms with van der Waals surface area (Å²) in [5.41, 5.74) is 0. The molecule has 1 amide bonds. The van der Waals surface area contributed by atoms with Gasteiger partial charge in [-0.3, -0.25) is 4.79 Å². The minimum absolute atomic E-state index is 0.409. The highest BCUT2D eigenvalue weighted by Crippen LogP contribution is 2.10. The smallest absolute Gasteiger partial charge is 0.209 e. The van der Waals surface area contributed by atoms with E-state index in [-0.39, 0.29) is 0 Å². The van der Waals surface area contributed by atoms with E-state index in [0.717, 1.165) is 32.5 Å². The Morgan fingerprint density at radius 3 is 2.60 bits per heavy atom. The summed E-state index contributed by atoms with van der Waals surface area (Å²) in [6.45, 7) is 1.59. The van der Waals surface area contributed by atoms with Crippen LogP contribution in [0.25, 0.3) is 0 Å². The summed E-state index contributed by atoms with van der Waals surface area (Å²) < 4.78 is 5.15. The third-order valence-electron chi connectivity index (χ3n) is 1.93. The predicted octanol–water partition coefficient (Wildman–Crippen LogP) is 0.254. The maximum absolute atomic E-state index is 10.3. The van der Waals surface area contributed by atoms with E-state index in [4.69, 9.17) is 4.74 Å². The van der Waals surface area contributed by atoms with Crippen LogP contribution in [0.1, 0.15) is 12.8 Å². The minimum atomic E-state index is 0.409. The molecule has 1 heterocycles. The Balaban J connectivity index is 2.30. The van der Waals surface area contributed by atoms with E-state index in [1.54, 1.807) is 4.90 Å². The number of hydrogen-bond donors (Lipinski definition) is 0. The summed E-state index contributed by atoms with van der Waals surface area (Å²) in [7, 11) is 1.82. The van der Waals surface area contributed by atoms with Crippen molar-refractivity contribution >= 4 is 6.41 Å². The van der Waals surface area contributed by atoms with Gasteiger partial charge in [0.2, 0.25) is 6.41 Å². The van der Waals surface area contributed by atoms with Crippen molar-refractivity contribution in [2.24, 2.45) is 0 Å². The van der Waals surface area contributed by atoms with Crippen LogP contribution in [0.3, 0.4) is 0 Å². The molecule has 0 atom stereocenters. The van der Waals surface area contributed by atoms with Crippen LogP contribution >= 0.6 is 0 Å². The Labute approximate surface area is 61.0 Å². The molecule has 0 saturated carbocycles. The lowest BCUT2D eigenvalue weighted by molar-refractivity contribution is -0.120. The first kappa shape index (κ1) is 7.54. The topological polar surface area (TPSA) is 29.5 Å². The molecule has 3 heteroatoms. The normalized spacial score (nSPS) is 20.5. The third kappa shape index (κ3) is 1.70. The first-order chi connectivity index (χ1) is 4.84. The maximum atomic E-state index is 10.3. The molecule has 1 saturated heterocycles. The molecular weight excluding hydrogens is 130 g/mol. The second-order valence-electron chi connectivity index (χ2n) is 2.61. The molecule has 0 radical (unpaired) electrons. The lowest BCUT2D eigenvalue weighted by Crippen LogP contribution is -2.35. The van der Waals surface area contributed by atoms with Gasteiger partial charge < -0.3 is 9.64 Å². The Morgan fingerprint density at radius 2 is 2.10 bits per heavy atom. The van der Waals surface area contributed by atoms with Crippen molar-refractivity contribution in [2.75, 3.05) is 20.3 Å². The van der Waals surface area contributed by atoms with Crippen LogP contribution in [0.4, 0.5) is 0 Å². The second-order valence-corrected chi connectivity index (χ2v) is 2.61. The summed E-state index contributed by atoms with van der Waals surface area (Å²) in [6.07, 6.45) is 2.85. The number of ether oxygens (including phenoxy) is 1. The van der Waals surface area contributed by atoms with E-state index in [0.29, 0.717) is 6.04 Å². The van der Waals surface area contributed by atoms with Crippen LogP contribution in [0.5, 0.6) is 0 Å². The van der Waals surface area contributed by atoms with Crippen LogP contribution in [0, 0.1) is 0 Å². The van der Waals surface area contributed by atoms with E-state index in [2.05, 4.69) is 0 Å². The summed E-state index contributed by atoms with van der Waals surface area (Å²) in [5, 5.41) is 0. The van der Waals surface area contributed by atoms with Gasteiger partial charge >= 0.3 is 0 Å². The summed E-state index contributed by atoms with van der Waals surface area (Å²) in [4.78, 5) is 12.0. The van der Waals surface area contributed by atoms with Crippen molar-refractivity contribution in [1.29, 1.82) is 0 Å². The molecule has 0 aromatic carbocycles. The molecule has 0 aromatic heterocycles. The molecule has 0 N–H and O–H groups in total. The van der Waals surface area contributed by atoms with Crippen molar-refractivity contribution in [3.05, 3.63) is 0 Å². The number of carbonyl (C=O) groups excluding carboxylic acids is 1. The first-order valence-corrected chi connectivity index (χ1v) is 3.59. The van der Waals surface area contributed by atoms with Crippen LogP contribution in [0.15, 0.2) is 0 Å². The van der Waals surface area contributed by atoms with Gasteiger partial charge in [-0.25, -0.2) is 0 Å². The average molecular weight is 143 g/mol. The molecule has 1 aliphatic heterocycles. The minimum Gasteiger partial charge on any atom is -0.381 e. The molecule has 1 fully saturated rings. The quantitative estimate of drug-likeness (QED) is 0.519. The van der Waals surface area contributed by atoms with E-state index in [1.165, 1.54) is 0 Å². The van der Waals surface area contributed by atoms with Crippen LogP contribution in [0.2, 0.25) is 0 Å². The van der Waals surface area contributed by atoms with Gasteiger partial charge in [-0.2, -0.15) is 0 Å². The predicted molar refractivity (Wildman–Crippen MR) is 37.7 cm³/mol. The Hall–Kier alpha value is -0.570. The molecule has 58 valence electrons. The zero-order valence-corrected chi connectivity index (χ0v) is 6.25. The van der Waals surface area contributed by atoms with Crippen molar-refractivity contribution in [1.82, 2.24) is 4.90 Å². The van der Waals surface area contributed by atoms with Gasteiger partial charge in [0, 0.05) is 26.3 Å². The molecule has 0 unspecified atom stereocenters.